The Bertz CT molecular complexity index is 344. The largest absolute Gasteiger partial charge is 0.305 e. The molecule has 1 aromatic carbocycles. The Labute approximate surface area is 98.9 Å². The van der Waals surface area contributed by atoms with Crippen molar-refractivity contribution < 1.29 is 0 Å². The lowest BCUT2D eigenvalue weighted by Crippen LogP contribution is -2.41. The van der Waals surface area contributed by atoms with Crippen LogP contribution in [-0.2, 0) is 11.8 Å². The summed E-state index contributed by atoms with van der Waals surface area (Å²) in [7, 11) is 4.36. The zero-order chi connectivity index (χ0) is 10.3. The first-order chi connectivity index (χ1) is 6.53. The standard InChI is InChI=1S/C13H19N.ClH/c1-13(2)11-8-6-5-7-10(11)9-12(13)14(3)4;/h5-8,12H,9H2,1-4H3;1H. The summed E-state index contributed by atoms with van der Waals surface area (Å²) in [6, 6.07) is 9.48. The molecular formula is C13H20ClN. The highest BCUT2D eigenvalue weighted by molar-refractivity contribution is 5.85. The molecule has 1 atom stereocenters. The van der Waals surface area contributed by atoms with Gasteiger partial charge in [0.1, 0.15) is 0 Å². The van der Waals surface area contributed by atoms with E-state index in [1.54, 1.807) is 0 Å². The first-order valence-corrected chi connectivity index (χ1v) is 5.28. The minimum atomic E-state index is 0. The maximum atomic E-state index is 2.35. The Hall–Kier alpha value is -0.530. The number of fused-ring (bicyclic) bond motifs is 1. The van der Waals surface area contributed by atoms with Gasteiger partial charge in [0.05, 0.1) is 0 Å². The Balaban J connectivity index is 0.00000112. The molecule has 15 heavy (non-hydrogen) atoms. The normalized spacial score (nSPS) is 22.3. The molecule has 0 radical (unpaired) electrons. The van der Waals surface area contributed by atoms with Crippen molar-refractivity contribution in [1.29, 1.82) is 0 Å². The van der Waals surface area contributed by atoms with Gasteiger partial charge in [-0.1, -0.05) is 38.1 Å². The fourth-order valence-corrected chi connectivity index (χ4v) is 2.80. The summed E-state index contributed by atoms with van der Waals surface area (Å²) in [5.41, 5.74) is 3.34. The van der Waals surface area contributed by atoms with E-state index in [9.17, 15) is 0 Å². The molecule has 0 bridgehead atoms. The molecule has 2 rings (SSSR count). The van der Waals surface area contributed by atoms with E-state index in [0.717, 1.165) is 0 Å². The third-order valence-corrected chi connectivity index (χ3v) is 3.58. The first-order valence-electron chi connectivity index (χ1n) is 5.28. The third kappa shape index (κ3) is 1.91. The van der Waals surface area contributed by atoms with Crippen LogP contribution in [0.3, 0.4) is 0 Å². The Morgan fingerprint density at radius 1 is 1.20 bits per heavy atom. The molecule has 1 aromatic rings. The van der Waals surface area contributed by atoms with E-state index >= 15 is 0 Å². The van der Waals surface area contributed by atoms with Crippen LogP contribution < -0.4 is 0 Å². The molecule has 0 aromatic heterocycles. The van der Waals surface area contributed by atoms with Crippen molar-refractivity contribution in [2.75, 3.05) is 14.1 Å². The average Bonchev–Trinajstić information content (AvgIpc) is 2.39. The number of halogens is 1. The lowest BCUT2D eigenvalue weighted by Gasteiger charge is -2.33. The van der Waals surface area contributed by atoms with Crippen LogP contribution >= 0.6 is 12.4 Å². The zero-order valence-electron chi connectivity index (χ0n) is 9.95. The zero-order valence-corrected chi connectivity index (χ0v) is 10.8. The predicted octanol–water partition coefficient (Wildman–Crippen LogP) is 2.87. The van der Waals surface area contributed by atoms with Gasteiger partial charge in [0.15, 0.2) is 0 Å². The van der Waals surface area contributed by atoms with Crippen molar-refractivity contribution in [2.45, 2.75) is 31.7 Å². The number of hydrogen-bond donors (Lipinski definition) is 0. The van der Waals surface area contributed by atoms with Gasteiger partial charge in [-0.25, -0.2) is 0 Å². The van der Waals surface area contributed by atoms with Gasteiger partial charge in [0, 0.05) is 11.5 Å². The summed E-state index contributed by atoms with van der Waals surface area (Å²) in [6.45, 7) is 4.70. The molecule has 0 amide bonds. The van der Waals surface area contributed by atoms with Crippen molar-refractivity contribution >= 4 is 12.4 Å². The number of nitrogens with zero attached hydrogens (tertiary/aromatic N) is 1. The van der Waals surface area contributed by atoms with Crippen molar-refractivity contribution in [3.8, 4) is 0 Å². The van der Waals surface area contributed by atoms with E-state index in [1.807, 2.05) is 0 Å². The van der Waals surface area contributed by atoms with Crippen LogP contribution in [0.15, 0.2) is 24.3 Å². The summed E-state index contributed by atoms with van der Waals surface area (Å²) >= 11 is 0. The molecule has 0 saturated heterocycles. The molecule has 1 aliphatic carbocycles. The Morgan fingerprint density at radius 2 is 1.80 bits per heavy atom. The highest BCUT2D eigenvalue weighted by Crippen LogP contribution is 2.40. The van der Waals surface area contributed by atoms with Crippen molar-refractivity contribution in [2.24, 2.45) is 0 Å². The highest BCUT2D eigenvalue weighted by atomic mass is 35.5. The fraction of sp³-hybridized carbons (Fsp3) is 0.538. The Kier molecular flexibility index (Phi) is 3.47. The second-order valence-corrected chi connectivity index (χ2v) is 5.06. The monoisotopic (exact) mass is 225 g/mol. The van der Waals surface area contributed by atoms with E-state index in [0.29, 0.717) is 11.5 Å². The third-order valence-electron chi connectivity index (χ3n) is 3.58. The van der Waals surface area contributed by atoms with E-state index in [1.165, 1.54) is 17.5 Å². The maximum absolute atomic E-state index is 2.35. The molecule has 0 heterocycles. The summed E-state index contributed by atoms with van der Waals surface area (Å²) in [4.78, 5) is 2.35. The highest BCUT2D eigenvalue weighted by Gasteiger charge is 2.39. The summed E-state index contributed by atoms with van der Waals surface area (Å²) in [5, 5.41) is 0. The van der Waals surface area contributed by atoms with Gasteiger partial charge in [0.2, 0.25) is 0 Å². The number of rotatable bonds is 1. The molecule has 1 unspecified atom stereocenters. The summed E-state index contributed by atoms with van der Waals surface area (Å²) in [5.74, 6) is 0. The number of hydrogen-bond acceptors (Lipinski definition) is 1. The van der Waals surface area contributed by atoms with Crippen LogP contribution in [0.1, 0.15) is 25.0 Å². The van der Waals surface area contributed by atoms with Gasteiger partial charge >= 0.3 is 0 Å². The van der Waals surface area contributed by atoms with Crippen LogP contribution in [0, 0.1) is 0 Å². The molecule has 84 valence electrons. The fourth-order valence-electron chi connectivity index (χ4n) is 2.80. The number of benzene rings is 1. The maximum Gasteiger partial charge on any atom is 0.0221 e. The van der Waals surface area contributed by atoms with E-state index in [-0.39, 0.29) is 12.4 Å². The smallest absolute Gasteiger partial charge is 0.0221 e. The van der Waals surface area contributed by atoms with Crippen LogP contribution in [0.25, 0.3) is 0 Å². The van der Waals surface area contributed by atoms with Crippen LogP contribution in [0.4, 0.5) is 0 Å². The van der Waals surface area contributed by atoms with Crippen molar-refractivity contribution in [1.82, 2.24) is 4.90 Å². The van der Waals surface area contributed by atoms with Gasteiger partial charge in [0.25, 0.3) is 0 Å². The van der Waals surface area contributed by atoms with Crippen LogP contribution in [0.2, 0.25) is 0 Å². The van der Waals surface area contributed by atoms with Gasteiger partial charge < -0.3 is 4.90 Å². The molecule has 2 heteroatoms. The average molecular weight is 226 g/mol. The summed E-state index contributed by atoms with van der Waals surface area (Å²) in [6.07, 6.45) is 1.19. The van der Waals surface area contributed by atoms with E-state index in [2.05, 4.69) is 57.1 Å². The molecule has 1 aliphatic rings. The van der Waals surface area contributed by atoms with Gasteiger partial charge in [-0.15, -0.1) is 12.4 Å². The van der Waals surface area contributed by atoms with E-state index < -0.39 is 0 Å². The second-order valence-electron chi connectivity index (χ2n) is 5.06. The minimum absolute atomic E-state index is 0. The van der Waals surface area contributed by atoms with Crippen molar-refractivity contribution in [3.63, 3.8) is 0 Å². The predicted molar refractivity (Wildman–Crippen MR) is 67.9 cm³/mol. The quantitative estimate of drug-likeness (QED) is 0.711. The molecule has 1 nitrogen and oxygen atoms in total. The molecular weight excluding hydrogens is 206 g/mol. The Morgan fingerprint density at radius 3 is 2.33 bits per heavy atom. The molecule has 0 aliphatic heterocycles. The lowest BCUT2D eigenvalue weighted by molar-refractivity contribution is 0.216. The molecule has 0 spiro atoms. The second kappa shape index (κ2) is 4.15. The first kappa shape index (κ1) is 12.5. The molecule has 0 N–H and O–H groups in total. The van der Waals surface area contributed by atoms with Gasteiger partial charge in [-0.2, -0.15) is 0 Å². The SMILES string of the molecule is CN(C)C1Cc2ccccc2C1(C)C.Cl. The van der Waals surface area contributed by atoms with Crippen molar-refractivity contribution in [3.05, 3.63) is 35.4 Å². The van der Waals surface area contributed by atoms with Crippen LogP contribution in [0.5, 0.6) is 0 Å². The van der Waals surface area contributed by atoms with E-state index in [4.69, 9.17) is 0 Å². The van der Waals surface area contributed by atoms with Gasteiger partial charge in [-0.3, -0.25) is 0 Å². The lowest BCUT2D eigenvalue weighted by atomic mass is 9.82. The number of likely N-dealkylation sites (N-methyl/N-ethyl adjacent to an activating group) is 1. The molecule has 0 saturated carbocycles. The molecule has 0 fully saturated rings. The van der Waals surface area contributed by atoms with Crippen LogP contribution in [-0.4, -0.2) is 25.0 Å². The topological polar surface area (TPSA) is 3.24 Å². The minimum Gasteiger partial charge on any atom is -0.305 e. The van der Waals surface area contributed by atoms with Gasteiger partial charge in [-0.05, 0) is 31.6 Å². The summed E-state index contributed by atoms with van der Waals surface area (Å²) < 4.78 is 0.